The number of ether oxygens (including phenoxy) is 5. The van der Waals surface area contributed by atoms with E-state index < -0.39 is 35.0 Å². The van der Waals surface area contributed by atoms with Gasteiger partial charge in [-0.15, -0.1) is 5.06 Å². The molecule has 4 aliphatic carbocycles. The lowest BCUT2D eigenvalue weighted by Gasteiger charge is -2.34. The number of likely N-dealkylation sites (tertiary alicyclic amines) is 1. The SMILES string of the molecule is C.CC(C)(C)OC(=O)NC1CCC(CN)CC1.CC(C)(C)OC(=O)NC1CCC(CNC=O)CC1.O=C1OC(=O)C2C3C=CC(O3)C12.O=CNCC1CCC(N2C(=O)C3C4C=CC(O4)C3C2=O)CC1.O=CNCC1CCC(N2C(=O)C=CC2=O)CC1.O=CON1C(=O)CCC1=O.[2HH].c1ccoc1. The Bertz CT molecular complexity index is 2980. The van der Waals surface area contributed by atoms with Gasteiger partial charge in [0.2, 0.25) is 31.0 Å². The number of nitrogens with two attached hydrogens (primary N) is 1. The number of carbonyl (C=O) groups is 14. The molecule has 9 fully saturated rings. The van der Waals surface area contributed by atoms with Crippen molar-refractivity contribution in [3.63, 3.8) is 0 Å². The lowest BCUT2D eigenvalue weighted by atomic mass is 9.85. The average Bonchev–Trinajstić information content (AvgIpc) is 1.58. The summed E-state index contributed by atoms with van der Waals surface area (Å²) in [7, 11) is 0. The summed E-state index contributed by atoms with van der Waals surface area (Å²) in [6.45, 7) is 14.1. The molecule has 9 heterocycles. The van der Waals surface area contributed by atoms with Gasteiger partial charge in [0.1, 0.15) is 23.0 Å². The molecule has 8 unspecified atom stereocenters. The van der Waals surface area contributed by atoms with Gasteiger partial charge in [0.05, 0.1) is 48.8 Å². The number of imide groups is 3. The van der Waals surface area contributed by atoms with Crippen LogP contribution < -0.4 is 32.3 Å². The molecule has 5 saturated heterocycles. The summed E-state index contributed by atoms with van der Waals surface area (Å²) in [5.74, 6) is -1.47. The van der Waals surface area contributed by atoms with E-state index in [1.807, 2.05) is 78.0 Å². The van der Waals surface area contributed by atoms with Crippen LogP contribution in [0.3, 0.4) is 0 Å². The molecule has 560 valence electrons. The molecule has 1 aromatic rings. The topological polar surface area (TPSA) is 403 Å². The molecule has 0 aromatic carbocycles. The fourth-order valence-electron chi connectivity index (χ4n) is 14.4. The first kappa shape index (κ1) is 81.3. The maximum atomic E-state index is 12.7. The van der Waals surface area contributed by atoms with Crippen LogP contribution in [0.5, 0.6) is 0 Å². The maximum Gasteiger partial charge on any atom is 0.407 e. The predicted octanol–water partition coefficient (Wildman–Crippen LogP) is 5.31. The van der Waals surface area contributed by atoms with Crippen LogP contribution in [0, 0.1) is 47.3 Å². The molecule has 0 spiro atoms. The van der Waals surface area contributed by atoms with Crippen LogP contribution in [0.25, 0.3) is 0 Å². The van der Waals surface area contributed by atoms with E-state index in [2.05, 4.69) is 40.6 Å². The molecule has 8 aliphatic heterocycles. The van der Waals surface area contributed by atoms with Gasteiger partial charge in [-0.25, -0.2) is 9.59 Å². The maximum absolute atomic E-state index is 12.7. The lowest BCUT2D eigenvalue weighted by Crippen LogP contribution is -2.45. The van der Waals surface area contributed by atoms with E-state index in [0.29, 0.717) is 48.2 Å². The third kappa shape index (κ3) is 23.7. The number of furan rings is 1. The van der Waals surface area contributed by atoms with Gasteiger partial charge in [-0.2, -0.15) is 0 Å². The molecule has 30 heteroatoms. The zero-order chi connectivity index (χ0) is 72.7. The van der Waals surface area contributed by atoms with Gasteiger partial charge in [-0.1, -0.05) is 31.7 Å². The molecule has 1 aromatic heterocycles. The van der Waals surface area contributed by atoms with Crippen LogP contribution in [0.15, 0.2) is 65.5 Å². The van der Waals surface area contributed by atoms with E-state index >= 15 is 0 Å². The second-order valence-electron chi connectivity index (χ2n) is 28.6. The largest absolute Gasteiger partial charge is 0.473 e. The molecule has 30 nitrogen and oxygen atoms in total. The van der Waals surface area contributed by atoms with Gasteiger partial charge in [0.25, 0.3) is 23.6 Å². The van der Waals surface area contributed by atoms with Crippen molar-refractivity contribution in [1.29, 1.82) is 0 Å². The summed E-state index contributed by atoms with van der Waals surface area (Å²) in [4.78, 5) is 162. The van der Waals surface area contributed by atoms with Gasteiger partial charge in [0.15, 0.2) is 0 Å². The number of nitrogens with one attached hydrogen (secondary N) is 5. The normalized spacial score (nSPS) is 30.5. The number of cyclic esters (lactones) is 2. The molecule has 4 bridgehead atoms. The summed E-state index contributed by atoms with van der Waals surface area (Å²) < 4.78 is 30.5. The van der Waals surface area contributed by atoms with Crippen molar-refractivity contribution in [2.24, 2.45) is 53.1 Å². The second-order valence-corrected chi connectivity index (χ2v) is 28.6. The lowest BCUT2D eigenvalue weighted by molar-refractivity contribution is -0.188. The Labute approximate surface area is 590 Å². The van der Waals surface area contributed by atoms with E-state index in [9.17, 15) is 67.1 Å². The molecule has 101 heavy (non-hydrogen) atoms. The van der Waals surface area contributed by atoms with Crippen molar-refractivity contribution in [1.82, 2.24) is 41.4 Å². The number of esters is 2. The van der Waals surface area contributed by atoms with Crippen LogP contribution in [0.2, 0.25) is 0 Å². The minimum absolute atomic E-state index is 0. The van der Waals surface area contributed by atoms with Crippen molar-refractivity contribution in [2.75, 3.05) is 26.2 Å². The van der Waals surface area contributed by atoms with Crippen LogP contribution in [-0.2, 0) is 86.1 Å². The van der Waals surface area contributed by atoms with Crippen molar-refractivity contribution in [2.45, 2.75) is 224 Å². The summed E-state index contributed by atoms with van der Waals surface area (Å²) >= 11 is 0. The third-order valence-corrected chi connectivity index (χ3v) is 19.3. The fourth-order valence-corrected chi connectivity index (χ4v) is 14.4. The van der Waals surface area contributed by atoms with Crippen molar-refractivity contribution in [3.05, 3.63) is 61.1 Å². The molecule has 4 saturated carbocycles. The highest BCUT2D eigenvalue weighted by molar-refractivity contribution is 6.13. The van der Waals surface area contributed by atoms with Crippen LogP contribution in [-0.4, -0.2) is 186 Å². The zero-order valence-electron chi connectivity index (χ0n) is 57.9. The fraction of sp³-hybridized carbons (Fsp3) is 0.662. The summed E-state index contributed by atoms with van der Waals surface area (Å²) in [5.41, 5.74) is 4.75. The number of rotatable bonds is 16. The quantitative estimate of drug-likeness (QED) is 0.0305. The Morgan fingerprint density at radius 1 is 0.515 bits per heavy atom. The molecule has 12 aliphatic rings. The first-order valence-corrected chi connectivity index (χ1v) is 34.7. The number of amides is 11. The van der Waals surface area contributed by atoms with Crippen LogP contribution in [0.1, 0.15) is 166 Å². The van der Waals surface area contributed by atoms with E-state index in [4.69, 9.17) is 24.7 Å². The molecule has 13 rings (SSSR count). The Morgan fingerprint density at radius 3 is 1.19 bits per heavy atom. The smallest absolute Gasteiger partial charge is 0.407 e. The monoisotopic (exact) mass is 1420 g/mol. The minimum atomic E-state index is -0.461. The van der Waals surface area contributed by atoms with E-state index in [-0.39, 0.29) is 136 Å². The van der Waals surface area contributed by atoms with Gasteiger partial charge in [0, 0.05) is 70.2 Å². The second kappa shape index (κ2) is 39.0. The standard InChI is InChI=1S/C16H20N2O4.C13H24N2O3.C12H16N2O3.C12H24N2O2.C8H6O4.C5H5NO4.C4H4O.CH4.H2/c19-8-17-7-9-1-3-10(4-2-9)18-15(20)13-11-5-6-12(22-11)14(13)16(18)21;1-13(2,3)18-12(17)15-11-6-4-10(5-7-11)8-14-9-16;15-8-13-7-9-1-3-10(4-2-9)14-11(16)5-6-12(14)17;1-12(2,3)16-11(15)14-10-6-4-9(8-13)5-7-10;9-7-5-3-1-2-4(11-3)6(5)8(10)12-7;7-3-10-6-4(8)1-2-5(6)9;1-2-4-5-3-1;;/h5-6,8-14H,1-4,7H2,(H,17,19);9-11H,4-8H2,1-3H3,(H,14,16)(H,15,17);5-6,8-10H,1-4,7H2,(H,13,15);9-10H,4-8,13H2,1-3H3,(H,14,15);1-6H;3H,1-2H2;1-4H;1H4;1H/i;;;;;;;;1+1. The summed E-state index contributed by atoms with van der Waals surface area (Å²) in [6.07, 6.45) is 29.7. The number of nitrogens with zero attached hydrogens (tertiary/aromatic N) is 3. The van der Waals surface area contributed by atoms with Crippen LogP contribution in [0.4, 0.5) is 9.59 Å². The van der Waals surface area contributed by atoms with Gasteiger partial charge in [-0.3, -0.25) is 67.3 Å². The third-order valence-electron chi connectivity index (χ3n) is 19.3. The van der Waals surface area contributed by atoms with E-state index in [1.165, 1.54) is 22.0 Å². The van der Waals surface area contributed by atoms with Gasteiger partial charge in [-0.05, 0) is 187 Å². The molecule has 8 atom stereocenters. The van der Waals surface area contributed by atoms with Crippen molar-refractivity contribution >= 4 is 85.3 Å². The Kier molecular flexibility index (Phi) is 31.4. The Morgan fingerprint density at radius 2 is 0.861 bits per heavy atom. The van der Waals surface area contributed by atoms with E-state index in [1.54, 1.807) is 12.5 Å². The van der Waals surface area contributed by atoms with Crippen LogP contribution >= 0.6 is 0 Å². The number of fused-ring (bicyclic) bond motifs is 10. The number of alkyl carbamates (subject to hydrolysis) is 2. The highest BCUT2D eigenvalue weighted by atomic mass is 16.7. The highest BCUT2D eigenvalue weighted by Gasteiger charge is 2.62. The molecular formula is C71H105N9O21. The zero-order valence-corrected chi connectivity index (χ0v) is 57.9. The Hall–Kier alpha value is -8.64. The number of hydrogen-bond acceptors (Lipinski definition) is 22. The van der Waals surface area contributed by atoms with Crippen molar-refractivity contribution < 1.29 is 101 Å². The molecule has 7 N–H and O–H groups in total. The number of carbonyl (C=O) groups excluding carboxylic acids is 14. The summed E-state index contributed by atoms with van der Waals surface area (Å²) in [5, 5.41) is 14.4. The van der Waals surface area contributed by atoms with Gasteiger partial charge < -0.3 is 65.3 Å². The van der Waals surface area contributed by atoms with E-state index in [0.717, 1.165) is 129 Å². The predicted molar refractivity (Wildman–Crippen MR) is 362 cm³/mol. The molecule has 0 radical (unpaired) electrons. The minimum Gasteiger partial charge on any atom is -0.473 e. The first-order chi connectivity index (χ1) is 47.8. The molecular weight excluding hydrogens is 1310 g/mol. The average molecular weight is 1420 g/mol. The Balaban J connectivity index is 0.000000219. The number of hydrogen-bond donors (Lipinski definition) is 6. The summed E-state index contributed by atoms with van der Waals surface area (Å²) in [6, 6.07) is 4.19. The van der Waals surface area contributed by atoms with Crippen molar-refractivity contribution in [3.8, 4) is 0 Å². The van der Waals surface area contributed by atoms with Gasteiger partial charge >= 0.3 is 30.6 Å². The first-order valence-electron chi connectivity index (χ1n) is 34.7. The highest BCUT2D eigenvalue weighted by Crippen LogP contribution is 2.47. The number of hydroxylamine groups is 2. The molecule has 11 amide bonds.